The highest BCUT2D eigenvalue weighted by Gasteiger charge is 2.01. The van der Waals surface area contributed by atoms with Crippen LogP contribution in [0, 0.1) is 0 Å². The summed E-state index contributed by atoms with van der Waals surface area (Å²) in [6.07, 6.45) is -0.571. The summed E-state index contributed by atoms with van der Waals surface area (Å²) in [4.78, 5) is 0. The van der Waals surface area contributed by atoms with E-state index in [0.717, 1.165) is 5.56 Å². The first-order chi connectivity index (χ1) is 5.24. The molecule has 0 aromatic heterocycles. The Morgan fingerprint density at radius 1 is 1.45 bits per heavy atom. The average Bonchev–Trinajstić information content (AvgIpc) is 2.03. The van der Waals surface area contributed by atoms with Crippen molar-refractivity contribution in [3.8, 4) is 0 Å². The number of hydroxylamine groups is 1. The van der Waals surface area contributed by atoms with E-state index < -0.39 is 6.17 Å². The number of hydrogen-bond acceptors (Lipinski definition) is 4. The molecule has 0 bridgehead atoms. The van der Waals surface area contributed by atoms with E-state index in [0.29, 0.717) is 5.69 Å². The van der Waals surface area contributed by atoms with Gasteiger partial charge in [0.1, 0.15) is 6.17 Å². The summed E-state index contributed by atoms with van der Waals surface area (Å²) >= 11 is 0. The molecular formula is C7H11N3O. The first-order valence-electron chi connectivity index (χ1n) is 3.24. The second kappa shape index (κ2) is 3.34. The number of benzene rings is 1. The van der Waals surface area contributed by atoms with Gasteiger partial charge in [-0.2, -0.15) is 5.48 Å². The maximum Gasteiger partial charge on any atom is 0.104 e. The fourth-order valence-electron chi connectivity index (χ4n) is 0.827. The Morgan fingerprint density at radius 3 is 2.73 bits per heavy atom. The van der Waals surface area contributed by atoms with Crippen molar-refractivity contribution in [2.45, 2.75) is 6.17 Å². The molecule has 1 rings (SSSR count). The molecule has 11 heavy (non-hydrogen) atoms. The van der Waals surface area contributed by atoms with E-state index >= 15 is 0 Å². The Morgan fingerprint density at radius 2 is 2.18 bits per heavy atom. The Hall–Kier alpha value is -1.10. The van der Waals surface area contributed by atoms with Crippen molar-refractivity contribution < 1.29 is 5.21 Å². The standard InChI is InChI=1S/C7H11N3O/c8-6-3-1-2-5(4-6)7(9)10-11/h1-4,7,10-11H,8-9H2. The number of nitrogens with two attached hydrogens (primary N) is 2. The molecule has 0 saturated heterocycles. The first kappa shape index (κ1) is 8.00. The molecular weight excluding hydrogens is 142 g/mol. The van der Waals surface area contributed by atoms with Crippen LogP contribution in [0.1, 0.15) is 11.7 Å². The molecule has 6 N–H and O–H groups in total. The van der Waals surface area contributed by atoms with E-state index in [1.807, 2.05) is 5.48 Å². The van der Waals surface area contributed by atoms with Crippen LogP contribution in [-0.4, -0.2) is 5.21 Å². The monoisotopic (exact) mass is 153 g/mol. The lowest BCUT2D eigenvalue weighted by Gasteiger charge is -2.08. The van der Waals surface area contributed by atoms with Gasteiger partial charge in [0.25, 0.3) is 0 Å². The maximum absolute atomic E-state index is 8.46. The maximum atomic E-state index is 8.46. The van der Waals surface area contributed by atoms with Crippen LogP contribution in [0.4, 0.5) is 5.69 Å². The fraction of sp³-hybridized carbons (Fsp3) is 0.143. The molecule has 1 aromatic rings. The van der Waals surface area contributed by atoms with Gasteiger partial charge in [0, 0.05) is 5.69 Å². The molecule has 1 unspecified atom stereocenters. The molecule has 0 spiro atoms. The largest absolute Gasteiger partial charge is 0.399 e. The Labute approximate surface area is 64.8 Å². The van der Waals surface area contributed by atoms with E-state index in [4.69, 9.17) is 16.7 Å². The molecule has 0 aliphatic carbocycles. The van der Waals surface area contributed by atoms with Crippen molar-refractivity contribution in [1.82, 2.24) is 5.48 Å². The number of hydrogen-bond donors (Lipinski definition) is 4. The fourth-order valence-corrected chi connectivity index (χ4v) is 0.827. The van der Waals surface area contributed by atoms with E-state index in [9.17, 15) is 0 Å². The van der Waals surface area contributed by atoms with Crippen molar-refractivity contribution in [2.75, 3.05) is 5.73 Å². The second-order valence-electron chi connectivity index (χ2n) is 2.28. The van der Waals surface area contributed by atoms with Crippen molar-refractivity contribution in [1.29, 1.82) is 0 Å². The lowest BCUT2D eigenvalue weighted by atomic mass is 10.1. The number of nitrogen functional groups attached to an aromatic ring is 1. The molecule has 0 aliphatic heterocycles. The summed E-state index contributed by atoms with van der Waals surface area (Å²) in [5.74, 6) is 0. The van der Waals surface area contributed by atoms with Gasteiger partial charge in [0.2, 0.25) is 0 Å². The SMILES string of the molecule is Nc1cccc(C(N)NO)c1. The summed E-state index contributed by atoms with van der Waals surface area (Å²) < 4.78 is 0. The average molecular weight is 153 g/mol. The molecule has 1 atom stereocenters. The highest BCUT2D eigenvalue weighted by atomic mass is 16.5. The predicted molar refractivity (Wildman–Crippen MR) is 42.7 cm³/mol. The van der Waals surface area contributed by atoms with Gasteiger partial charge in [-0.05, 0) is 17.7 Å². The van der Waals surface area contributed by atoms with Gasteiger partial charge in [-0.1, -0.05) is 12.1 Å². The van der Waals surface area contributed by atoms with E-state index in [2.05, 4.69) is 0 Å². The molecule has 60 valence electrons. The minimum absolute atomic E-state index is 0.571. The van der Waals surface area contributed by atoms with Crippen LogP contribution in [0.3, 0.4) is 0 Å². The smallest absolute Gasteiger partial charge is 0.104 e. The van der Waals surface area contributed by atoms with Crippen LogP contribution < -0.4 is 16.9 Å². The van der Waals surface area contributed by atoms with Crippen molar-refractivity contribution >= 4 is 5.69 Å². The van der Waals surface area contributed by atoms with Gasteiger partial charge in [-0.15, -0.1) is 0 Å². The van der Waals surface area contributed by atoms with Gasteiger partial charge >= 0.3 is 0 Å². The van der Waals surface area contributed by atoms with Gasteiger partial charge in [-0.25, -0.2) is 0 Å². The summed E-state index contributed by atoms with van der Waals surface area (Å²) in [5, 5.41) is 8.46. The first-order valence-corrected chi connectivity index (χ1v) is 3.24. The molecule has 0 heterocycles. The van der Waals surface area contributed by atoms with Crippen molar-refractivity contribution in [3.63, 3.8) is 0 Å². The van der Waals surface area contributed by atoms with Gasteiger partial charge < -0.3 is 16.7 Å². The van der Waals surface area contributed by atoms with Crippen molar-refractivity contribution in [3.05, 3.63) is 29.8 Å². The molecule has 0 radical (unpaired) electrons. The Bertz CT molecular complexity index is 239. The van der Waals surface area contributed by atoms with E-state index in [1.54, 1.807) is 24.3 Å². The minimum atomic E-state index is -0.571. The molecule has 0 saturated carbocycles. The molecule has 4 heteroatoms. The van der Waals surface area contributed by atoms with Crippen LogP contribution in [-0.2, 0) is 0 Å². The van der Waals surface area contributed by atoms with Crippen LogP contribution in [0.2, 0.25) is 0 Å². The van der Waals surface area contributed by atoms with Gasteiger partial charge in [-0.3, -0.25) is 0 Å². The van der Waals surface area contributed by atoms with Gasteiger partial charge in [0.15, 0.2) is 0 Å². The normalized spacial score (nSPS) is 12.9. The van der Waals surface area contributed by atoms with Crippen molar-refractivity contribution in [2.24, 2.45) is 5.73 Å². The molecule has 0 fully saturated rings. The Balaban J connectivity index is 2.86. The predicted octanol–water partition coefficient (Wildman–Crippen LogP) is 0.205. The summed E-state index contributed by atoms with van der Waals surface area (Å²) in [6.45, 7) is 0. The van der Waals surface area contributed by atoms with Crippen LogP contribution in [0.25, 0.3) is 0 Å². The van der Waals surface area contributed by atoms with E-state index in [-0.39, 0.29) is 0 Å². The topological polar surface area (TPSA) is 84.3 Å². The minimum Gasteiger partial charge on any atom is -0.399 e. The molecule has 4 nitrogen and oxygen atoms in total. The third-order valence-corrected chi connectivity index (χ3v) is 1.41. The van der Waals surface area contributed by atoms with Gasteiger partial charge in [0.05, 0.1) is 0 Å². The number of rotatable bonds is 2. The summed E-state index contributed by atoms with van der Waals surface area (Å²) in [6, 6.07) is 7.02. The van der Waals surface area contributed by atoms with Crippen LogP contribution in [0.5, 0.6) is 0 Å². The van der Waals surface area contributed by atoms with E-state index in [1.165, 1.54) is 0 Å². The molecule has 0 amide bonds. The summed E-state index contributed by atoms with van der Waals surface area (Å²) in [7, 11) is 0. The number of anilines is 1. The zero-order chi connectivity index (χ0) is 8.27. The summed E-state index contributed by atoms with van der Waals surface area (Å²) in [5.41, 5.74) is 14.3. The highest BCUT2D eigenvalue weighted by Crippen LogP contribution is 2.10. The lowest BCUT2D eigenvalue weighted by Crippen LogP contribution is -2.25. The highest BCUT2D eigenvalue weighted by molar-refractivity contribution is 5.41. The Kier molecular flexibility index (Phi) is 2.43. The lowest BCUT2D eigenvalue weighted by molar-refractivity contribution is 0.128. The second-order valence-corrected chi connectivity index (χ2v) is 2.28. The number of nitrogens with one attached hydrogen (secondary N) is 1. The third kappa shape index (κ3) is 1.91. The third-order valence-electron chi connectivity index (χ3n) is 1.41. The zero-order valence-electron chi connectivity index (χ0n) is 5.99. The quantitative estimate of drug-likeness (QED) is 0.278. The van der Waals surface area contributed by atoms with Crippen LogP contribution in [0.15, 0.2) is 24.3 Å². The zero-order valence-corrected chi connectivity index (χ0v) is 5.99. The van der Waals surface area contributed by atoms with Crippen LogP contribution >= 0.6 is 0 Å². The molecule has 1 aromatic carbocycles. The molecule has 0 aliphatic rings.